The van der Waals surface area contributed by atoms with Gasteiger partial charge in [0.25, 0.3) is 0 Å². The Balaban J connectivity index is 1.48. The Labute approximate surface area is 231 Å². The second-order valence-corrected chi connectivity index (χ2v) is 10.6. The van der Waals surface area contributed by atoms with E-state index in [-0.39, 0.29) is 0 Å². The summed E-state index contributed by atoms with van der Waals surface area (Å²) in [7, 11) is 0. The normalized spacial score (nSPS) is 13.6. The van der Waals surface area contributed by atoms with E-state index in [9.17, 15) is 5.26 Å². The van der Waals surface area contributed by atoms with Crippen LogP contribution in [0, 0.1) is 11.3 Å². The zero-order valence-electron chi connectivity index (χ0n) is 20.8. The van der Waals surface area contributed by atoms with Crippen LogP contribution in [-0.4, -0.2) is 0 Å². The number of nitrogens with zero attached hydrogens (tertiary/aromatic N) is 1. The SMILES string of the molecule is N#Cc1ccc2cc(-c3cc(Cl)cc4c3Oc3ccccc3C43c4ccccc4-c4ccccc43)ccc2c1. The summed E-state index contributed by atoms with van der Waals surface area (Å²) in [6, 6.07) is 44.1. The molecule has 0 N–H and O–H groups in total. The van der Waals surface area contributed by atoms with Gasteiger partial charge in [-0.3, -0.25) is 0 Å². The van der Waals surface area contributed by atoms with Gasteiger partial charge in [0.1, 0.15) is 11.5 Å². The Hall–Kier alpha value is -4.84. The topological polar surface area (TPSA) is 33.0 Å². The molecule has 6 aromatic rings. The minimum Gasteiger partial charge on any atom is -0.456 e. The van der Waals surface area contributed by atoms with Crippen molar-refractivity contribution in [1.82, 2.24) is 0 Å². The van der Waals surface area contributed by atoms with Crippen molar-refractivity contribution in [2.75, 3.05) is 0 Å². The lowest BCUT2D eigenvalue weighted by molar-refractivity contribution is 0.438. The molecule has 0 atom stereocenters. The molecular weight excluding hydrogens is 498 g/mol. The van der Waals surface area contributed by atoms with E-state index in [1.165, 1.54) is 22.3 Å². The molecule has 1 aliphatic heterocycles. The predicted octanol–water partition coefficient (Wildman–Crippen LogP) is 9.50. The van der Waals surface area contributed by atoms with Crippen LogP contribution in [0.15, 0.2) is 121 Å². The summed E-state index contributed by atoms with van der Waals surface area (Å²) in [6.45, 7) is 0. The molecule has 0 saturated carbocycles. The first-order valence-corrected chi connectivity index (χ1v) is 13.3. The summed E-state index contributed by atoms with van der Waals surface area (Å²) in [4.78, 5) is 0. The third-order valence-corrected chi connectivity index (χ3v) is 8.41. The van der Waals surface area contributed by atoms with Crippen LogP contribution >= 0.6 is 11.6 Å². The molecule has 0 saturated heterocycles. The summed E-state index contributed by atoms with van der Waals surface area (Å²) in [5.41, 5.74) is 9.14. The van der Waals surface area contributed by atoms with Crippen LogP contribution in [0.3, 0.4) is 0 Å². The molecule has 3 heteroatoms. The third-order valence-electron chi connectivity index (χ3n) is 8.19. The van der Waals surface area contributed by atoms with Gasteiger partial charge in [0.15, 0.2) is 0 Å². The number of hydrogen-bond acceptors (Lipinski definition) is 2. The second-order valence-electron chi connectivity index (χ2n) is 10.2. The van der Waals surface area contributed by atoms with E-state index in [0.29, 0.717) is 10.6 Å². The molecule has 1 aliphatic carbocycles. The number of rotatable bonds is 1. The predicted molar refractivity (Wildman–Crippen MR) is 156 cm³/mol. The van der Waals surface area contributed by atoms with Crippen molar-refractivity contribution in [3.8, 4) is 39.8 Å². The van der Waals surface area contributed by atoms with Gasteiger partial charge in [-0.2, -0.15) is 5.26 Å². The van der Waals surface area contributed by atoms with Crippen molar-refractivity contribution in [3.63, 3.8) is 0 Å². The van der Waals surface area contributed by atoms with Crippen molar-refractivity contribution in [1.29, 1.82) is 5.26 Å². The monoisotopic (exact) mass is 517 g/mol. The number of nitriles is 1. The third kappa shape index (κ3) is 2.97. The highest BCUT2D eigenvalue weighted by Gasteiger charge is 2.51. The van der Waals surface area contributed by atoms with Crippen LogP contribution in [0.5, 0.6) is 11.5 Å². The van der Waals surface area contributed by atoms with Gasteiger partial charge in [-0.25, -0.2) is 0 Å². The maximum absolute atomic E-state index is 9.33. The lowest BCUT2D eigenvalue weighted by atomic mass is 9.65. The highest BCUT2D eigenvalue weighted by atomic mass is 35.5. The molecular formula is C36H20ClNO. The molecule has 0 radical (unpaired) electrons. The number of halogens is 1. The first-order valence-electron chi connectivity index (χ1n) is 12.9. The van der Waals surface area contributed by atoms with Gasteiger partial charge in [-0.1, -0.05) is 96.5 Å². The van der Waals surface area contributed by atoms with Crippen molar-refractivity contribution >= 4 is 22.4 Å². The van der Waals surface area contributed by atoms with E-state index in [2.05, 4.69) is 97.1 Å². The summed E-state index contributed by atoms with van der Waals surface area (Å²) < 4.78 is 6.78. The standard InChI is InChI=1S/C36H20ClNO/c37-26-19-29(25-16-15-23-17-22(21-38)13-14-24(23)18-25)35-33(20-26)36(32-11-5-6-12-34(32)39-35)30-9-3-1-7-27(30)28-8-2-4-10-31(28)36/h1-20H. The second kappa shape index (κ2) is 8.08. The summed E-state index contributed by atoms with van der Waals surface area (Å²) in [5, 5.41) is 12.1. The van der Waals surface area contributed by atoms with Crippen molar-refractivity contribution in [3.05, 3.63) is 154 Å². The van der Waals surface area contributed by atoms with Crippen LogP contribution in [0.4, 0.5) is 0 Å². The largest absolute Gasteiger partial charge is 0.456 e. The number of benzene rings is 6. The Kier molecular flexibility index (Phi) is 4.59. The molecule has 1 spiro atoms. The van der Waals surface area contributed by atoms with Crippen molar-refractivity contribution in [2.24, 2.45) is 0 Å². The first-order chi connectivity index (χ1) is 19.2. The Morgan fingerprint density at radius 3 is 1.97 bits per heavy atom. The van der Waals surface area contributed by atoms with Gasteiger partial charge >= 0.3 is 0 Å². The van der Waals surface area contributed by atoms with E-state index in [0.717, 1.165) is 44.5 Å². The molecule has 0 amide bonds. The minimum atomic E-state index is -0.560. The van der Waals surface area contributed by atoms with Gasteiger partial charge in [0.2, 0.25) is 0 Å². The van der Waals surface area contributed by atoms with Gasteiger partial charge in [0, 0.05) is 21.7 Å². The average Bonchev–Trinajstić information content (AvgIpc) is 3.28. The Morgan fingerprint density at radius 2 is 1.23 bits per heavy atom. The lowest BCUT2D eigenvalue weighted by Gasteiger charge is -2.40. The van der Waals surface area contributed by atoms with Crippen LogP contribution in [0.2, 0.25) is 5.02 Å². The van der Waals surface area contributed by atoms with E-state index in [4.69, 9.17) is 16.3 Å². The number of para-hydroxylation sites is 1. The van der Waals surface area contributed by atoms with Gasteiger partial charge < -0.3 is 4.74 Å². The fourth-order valence-corrected chi connectivity index (χ4v) is 6.83. The summed E-state index contributed by atoms with van der Waals surface area (Å²) in [6.07, 6.45) is 0. The maximum atomic E-state index is 9.33. The molecule has 2 aliphatic rings. The fourth-order valence-electron chi connectivity index (χ4n) is 6.62. The van der Waals surface area contributed by atoms with Gasteiger partial charge in [-0.15, -0.1) is 0 Å². The smallest absolute Gasteiger partial charge is 0.140 e. The summed E-state index contributed by atoms with van der Waals surface area (Å²) in [5.74, 6) is 1.66. The van der Waals surface area contributed by atoms with E-state index >= 15 is 0 Å². The summed E-state index contributed by atoms with van der Waals surface area (Å²) >= 11 is 6.94. The van der Waals surface area contributed by atoms with Crippen LogP contribution in [0.25, 0.3) is 33.0 Å². The molecule has 8 rings (SSSR count). The highest BCUT2D eigenvalue weighted by molar-refractivity contribution is 6.31. The van der Waals surface area contributed by atoms with Crippen LogP contribution < -0.4 is 4.74 Å². The highest BCUT2D eigenvalue weighted by Crippen LogP contribution is 2.63. The fraction of sp³-hybridized carbons (Fsp3) is 0.0278. The lowest BCUT2D eigenvalue weighted by Crippen LogP contribution is -2.32. The first kappa shape index (κ1) is 22.2. The van der Waals surface area contributed by atoms with Crippen LogP contribution in [-0.2, 0) is 5.41 Å². The molecule has 0 aromatic heterocycles. The number of ether oxygens (including phenoxy) is 1. The molecule has 182 valence electrons. The van der Waals surface area contributed by atoms with Crippen molar-refractivity contribution in [2.45, 2.75) is 5.41 Å². The molecule has 0 bridgehead atoms. The number of fused-ring (bicyclic) bond motifs is 10. The Morgan fingerprint density at radius 1 is 0.590 bits per heavy atom. The van der Waals surface area contributed by atoms with Crippen LogP contribution in [0.1, 0.15) is 27.8 Å². The van der Waals surface area contributed by atoms with Crippen molar-refractivity contribution < 1.29 is 4.74 Å². The van der Waals surface area contributed by atoms with Gasteiger partial charge in [-0.05, 0) is 75.0 Å². The molecule has 0 unspecified atom stereocenters. The zero-order valence-corrected chi connectivity index (χ0v) is 21.5. The molecule has 39 heavy (non-hydrogen) atoms. The van der Waals surface area contributed by atoms with E-state index in [1.807, 2.05) is 30.3 Å². The van der Waals surface area contributed by atoms with Gasteiger partial charge in [0.05, 0.1) is 17.0 Å². The van der Waals surface area contributed by atoms with E-state index < -0.39 is 5.41 Å². The van der Waals surface area contributed by atoms with E-state index in [1.54, 1.807) is 0 Å². The maximum Gasteiger partial charge on any atom is 0.140 e. The number of hydrogen-bond donors (Lipinski definition) is 0. The molecule has 0 fully saturated rings. The Bertz CT molecular complexity index is 1990. The molecule has 2 nitrogen and oxygen atoms in total. The zero-order chi connectivity index (χ0) is 26.1. The quantitative estimate of drug-likeness (QED) is 0.217. The molecule has 1 heterocycles. The molecule has 6 aromatic carbocycles. The minimum absolute atomic E-state index is 0.560. The average molecular weight is 518 g/mol.